The number of nitrogens with zero attached hydrogens (tertiary/aromatic N) is 23. The van der Waals surface area contributed by atoms with Gasteiger partial charge in [-0.1, -0.05) is 72.8 Å². The lowest BCUT2D eigenvalue weighted by Crippen LogP contribution is -2.75. The van der Waals surface area contributed by atoms with Crippen LogP contribution in [0.2, 0.25) is 0 Å². The third kappa shape index (κ3) is 24.8. The number of Topliss-reactive ketones (excluding diaryl/α,β-unsaturated/α-hetero) is 2. The Hall–Kier alpha value is -13.4. The molecule has 17 rings (SSSR count). The van der Waals surface area contributed by atoms with Gasteiger partial charge in [0.25, 0.3) is 0 Å². The van der Waals surface area contributed by atoms with Crippen LogP contribution >= 0.6 is 0 Å². The van der Waals surface area contributed by atoms with Crippen molar-refractivity contribution in [1.82, 2.24) is 114 Å². The van der Waals surface area contributed by atoms with E-state index in [0.29, 0.717) is 55.5 Å². The Labute approximate surface area is 846 Å². The Bertz CT molecular complexity index is 5780. The zero-order chi connectivity index (χ0) is 103. The van der Waals surface area contributed by atoms with Gasteiger partial charge in [-0.15, -0.1) is 0 Å². The molecular weight excluding hydrogens is 1820 g/mol. The summed E-state index contributed by atoms with van der Waals surface area (Å²) in [5, 5.41) is 0. The molecule has 8 unspecified atom stereocenters. The van der Waals surface area contributed by atoms with Crippen molar-refractivity contribution in [1.29, 1.82) is 0 Å². The van der Waals surface area contributed by atoms with Crippen molar-refractivity contribution in [3.05, 3.63) is 360 Å². The summed E-state index contributed by atoms with van der Waals surface area (Å²) in [5.41, 5.74) is 6.24. The lowest BCUT2D eigenvalue weighted by atomic mass is 9.54. The molecule has 12 aromatic rings. The minimum Gasteiger partial charge on any atom is -0.468 e. The van der Waals surface area contributed by atoms with Gasteiger partial charge >= 0.3 is 23.9 Å². The first-order valence-corrected chi connectivity index (χ1v) is 48.7. The van der Waals surface area contributed by atoms with Crippen LogP contribution in [0, 0.1) is 42.4 Å². The van der Waals surface area contributed by atoms with Gasteiger partial charge < -0.3 is 38.5 Å². The first kappa shape index (κ1) is 108. The number of methoxy groups -OCH3 is 4. The number of ketones is 2. The molecule has 0 radical (unpaired) electrons. The molecule has 5 aliphatic heterocycles. The average molecular weight is 1950 g/mol. The normalized spacial score (nSPS) is 21.2. The van der Waals surface area contributed by atoms with Gasteiger partial charge in [0.2, 0.25) is 0 Å². The third-order valence-corrected chi connectivity index (χ3v) is 28.1. The summed E-state index contributed by atoms with van der Waals surface area (Å²) in [4.78, 5) is 164. The van der Waals surface area contributed by atoms with Gasteiger partial charge in [-0.2, -0.15) is 0 Å². The molecule has 5 aliphatic rings. The second kappa shape index (κ2) is 50.7. The van der Waals surface area contributed by atoms with Crippen LogP contribution in [0.1, 0.15) is 116 Å². The maximum Gasteiger partial charge on any atom is 0.322 e. The summed E-state index contributed by atoms with van der Waals surface area (Å²) in [5.74, 6) is -3.92. The van der Waals surface area contributed by atoms with E-state index < -0.39 is 86.8 Å². The van der Waals surface area contributed by atoms with Gasteiger partial charge in [0.1, 0.15) is 5.54 Å². The van der Waals surface area contributed by atoms with Gasteiger partial charge in [-0.3, -0.25) is 123 Å². The second-order valence-electron chi connectivity index (χ2n) is 38.1. The van der Waals surface area contributed by atoms with Gasteiger partial charge in [-0.25, -0.2) is 0 Å². The van der Waals surface area contributed by atoms with Crippen LogP contribution in [0.3, 0.4) is 0 Å². The standard InChI is InChI=1S/C28H29N5O5.C26H33N5O5.C24H23N5.C24H31N5.C9H21N3/c1-32-22(20-11-5-8-14-30-20)27(25(35)37-2)17-33(16-19-10-4-7-13-29-19)18-28(24(27)34,26(36)38-3)23(32)21-12-6-9-15-31-21;1-29(2)14-15-31-16-25(23(33)35-4)20(18-10-6-8-12-27-18)30(3)21(19-11-7-9-13-28-19)26(17-31,22(25)32)24(34)36-5;1-24(22-12-4-8-16-27-22,23-13-5-9-17-28-23)29(18-20-10-2-6-14-25-20)19-21-11-3-7-15-26-21;1-19-8-5-11-25-22(19)16-28(4)14-15-29(17-23-20(2)9-6-12-26-23)18-24-21(3)10-7-13-27-24;1-10-4-6-11(2)8-9-12(3)7-5-10/h4-15,22-23H,16-18H2,1-3H3;6-13,20-21H,14-17H2,1-5H3;2-17H,18-19H2,1H3;5-13H,14-18H2,1-4H3;4-9H2,1-3H3. The minimum absolute atomic E-state index is 0.00828. The van der Waals surface area contributed by atoms with Gasteiger partial charge in [0.05, 0.1) is 121 Å². The van der Waals surface area contributed by atoms with Crippen molar-refractivity contribution in [2.45, 2.75) is 96.7 Å². The molecule has 756 valence electrons. The maximum atomic E-state index is 14.8. The number of esters is 4. The lowest BCUT2D eigenvalue weighted by Gasteiger charge is -2.60. The highest BCUT2D eigenvalue weighted by molar-refractivity contribution is 6.19. The molecule has 8 atom stereocenters. The molecule has 0 saturated carbocycles. The van der Waals surface area contributed by atoms with Crippen LogP contribution in [0.25, 0.3) is 0 Å². The summed E-state index contributed by atoms with van der Waals surface area (Å²) in [7, 11) is 21.3. The van der Waals surface area contributed by atoms with Crippen LogP contribution in [0.4, 0.5) is 0 Å². The molecule has 0 N–H and O–H groups in total. The van der Waals surface area contributed by atoms with E-state index in [0.717, 1.165) is 78.3 Å². The molecule has 144 heavy (non-hydrogen) atoms. The largest absolute Gasteiger partial charge is 0.468 e. The van der Waals surface area contributed by atoms with Crippen LogP contribution in [0.15, 0.2) is 275 Å². The number of rotatable bonds is 29. The average Bonchev–Trinajstić information content (AvgIpc) is 0.680. The number of aryl methyl sites for hydroxylation is 3. The molecule has 4 bridgehead atoms. The summed E-state index contributed by atoms with van der Waals surface area (Å²) in [6.45, 7) is 23.1. The molecule has 5 fully saturated rings. The number of likely N-dealkylation sites (tertiary alicyclic amines) is 4. The molecule has 17 heterocycles. The van der Waals surface area contributed by atoms with Crippen LogP contribution < -0.4 is 0 Å². The number of hydrogen-bond donors (Lipinski definition) is 0. The van der Waals surface area contributed by atoms with E-state index in [-0.39, 0.29) is 26.2 Å². The van der Waals surface area contributed by atoms with Crippen LogP contribution in [-0.4, -0.2) is 326 Å². The minimum atomic E-state index is -1.77. The summed E-state index contributed by atoms with van der Waals surface area (Å²) < 4.78 is 21.2. The number of aromatic nitrogens is 12. The smallest absolute Gasteiger partial charge is 0.322 e. The first-order chi connectivity index (χ1) is 69.6. The number of ether oxygens (including phenoxy) is 4. The monoisotopic (exact) mass is 1950 g/mol. The Morgan fingerprint density at radius 1 is 0.340 bits per heavy atom. The van der Waals surface area contributed by atoms with Gasteiger partial charge in [0.15, 0.2) is 33.2 Å². The second-order valence-corrected chi connectivity index (χ2v) is 38.1. The molecule has 12 aromatic heterocycles. The van der Waals surface area contributed by atoms with Gasteiger partial charge in [0, 0.05) is 205 Å². The quantitative estimate of drug-likeness (QED) is 0.0239. The number of carbonyl (C=O) groups is 6. The number of carbonyl (C=O) groups excluding carboxylic acids is 6. The van der Waals surface area contributed by atoms with Crippen molar-refractivity contribution < 1.29 is 47.7 Å². The molecule has 0 aromatic carbocycles. The summed E-state index contributed by atoms with van der Waals surface area (Å²) in [6.07, 6.45) is 21.1. The number of pyridine rings is 12. The molecule has 0 spiro atoms. The predicted molar refractivity (Wildman–Crippen MR) is 548 cm³/mol. The number of likely N-dealkylation sites (N-methyl/N-ethyl adjacent to an activating group) is 5. The van der Waals surface area contributed by atoms with Crippen molar-refractivity contribution in [2.75, 3.05) is 176 Å². The van der Waals surface area contributed by atoms with Crippen molar-refractivity contribution in [3.63, 3.8) is 0 Å². The highest BCUT2D eigenvalue weighted by Gasteiger charge is 2.77. The zero-order valence-electron chi connectivity index (χ0n) is 85.8. The maximum absolute atomic E-state index is 14.8. The Morgan fingerprint density at radius 2 is 0.632 bits per heavy atom. The molecule has 0 aliphatic carbocycles. The van der Waals surface area contributed by atoms with E-state index >= 15 is 0 Å². The fourth-order valence-electron chi connectivity index (χ4n) is 20.5. The molecule has 33 heteroatoms. The molecule has 0 amide bonds. The number of piperidine rings is 4. The van der Waals surface area contributed by atoms with Crippen LogP contribution in [0.5, 0.6) is 0 Å². The van der Waals surface area contributed by atoms with Crippen LogP contribution in [-0.2, 0) is 92.5 Å². The molecular formula is C111H137N23O10. The van der Waals surface area contributed by atoms with E-state index in [1.54, 1.807) is 106 Å². The number of hydrogen-bond acceptors (Lipinski definition) is 33. The van der Waals surface area contributed by atoms with Crippen molar-refractivity contribution >= 4 is 35.4 Å². The van der Waals surface area contributed by atoms with Gasteiger partial charge in [-0.05, 0) is 228 Å². The van der Waals surface area contributed by atoms with E-state index in [9.17, 15) is 28.8 Å². The van der Waals surface area contributed by atoms with E-state index in [1.165, 1.54) is 84.4 Å². The van der Waals surface area contributed by atoms with Crippen molar-refractivity contribution in [3.8, 4) is 0 Å². The number of fused-ring (bicyclic) bond motifs is 4. The topological polar surface area (TPSA) is 330 Å². The Balaban J connectivity index is 0.000000156. The highest BCUT2D eigenvalue weighted by Crippen LogP contribution is 2.62. The van der Waals surface area contributed by atoms with E-state index in [4.69, 9.17) is 28.9 Å². The molecule has 33 nitrogen and oxygen atoms in total. The Morgan fingerprint density at radius 3 is 0.917 bits per heavy atom. The fourth-order valence-corrected chi connectivity index (χ4v) is 20.5. The third-order valence-electron chi connectivity index (χ3n) is 28.1. The summed E-state index contributed by atoms with van der Waals surface area (Å²) >= 11 is 0. The van der Waals surface area contributed by atoms with Crippen molar-refractivity contribution in [2.24, 2.45) is 21.7 Å². The lowest BCUT2D eigenvalue weighted by molar-refractivity contribution is -0.205. The zero-order valence-corrected chi connectivity index (χ0v) is 85.8. The van der Waals surface area contributed by atoms with E-state index in [2.05, 4.69) is 165 Å². The predicted octanol–water partition coefficient (Wildman–Crippen LogP) is 10.9. The Kier molecular flexibility index (Phi) is 38.0. The summed E-state index contributed by atoms with van der Waals surface area (Å²) in [6, 6.07) is 60.1. The highest BCUT2D eigenvalue weighted by atomic mass is 16.5. The van der Waals surface area contributed by atoms with E-state index in [1.807, 2.05) is 191 Å². The first-order valence-electron chi connectivity index (χ1n) is 48.7. The molecule has 5 saturated heterocycles. The SMILES string of the molecule is CC(c1ccccn1)(c1ccccn1)N(Cc1ccccn1)Cc1ccccn1.CN1CCN(C)CCN(C)CC1.COC(=O)C12CN(CCN(C)C)CC(C(=O)OC)(C1=O)C(c1ccccn1)N(C)C2c1ccccn1.COC(=O)C12CN(Cc3ccccn3)CC(C(=O)OC)(C1=O)C(c1ccccn1)N(C)C2c1ccccn1.Cc1cccnc1CN(C)CCN(Cc1ncccc1C)Cc1ncccc1C. The fraction of sp³-hybridized carbons (Fsp3) is 0.405.